The van der Waals surface area contributed by atoms with Crippen molar-refractivity contribution in [3.8, 4) is 5.75 Å². The summed E-state index contributed by atoms with van der Waals surface area (Å²) in [4.78, 5) is 38.9. The third kappa shape index (κ3) is 4.43. The van der Waals surface area contributed by atoms with E-state index >= 15 is 0 Å². The summed E-state index contributed by atoms with van der Waals surface area (Å²) in [5, 5.41) is 5.68. The number of urea groups is 1. The first-order valence-electron chi connectivity index (χ1n) is 10.6. The molecule has 3 aliphatic rings. The number of carbonyl (C=O) groups is 3. The molecule has 2 saturated heterocycles. The zero-order valence-corrected chi connectivity index (χ0v) is 17.3. The van der Waals surface area contributed by atoms with Gasteiger partial charge in [0.1, 0.15) is 11.8 Å². The maximum absolute atomic E-state index is 13.0. The van der Waals surface area contributed by atoms with E-state index < -0.39 is 6.04 Å². The molecule has 0 aromatic heterocycles. The molecule has 2 N–H and O–H groups in total. The van der Waals surface area contributed by atoms with Gasteiger partial charge in [-0.15, -0.1) is 0 Å². The van der Waals surface area contributed by atoms with Crippen LogP contribution in [0.3, 0.4) is 0 Å². The minimum atomic E-state index is -0.643. The van der Waals surface area contributed by atoms with Crippen molar-refractivity contribution in [2.24, 2.45) is 0 Å². The highest BCUT2D eigenvalue weighted by Crippen LogP contribution is 2.37. The van der Waals surface area contributed by atoms with Crippen LogP contribution in [-0.4, -0.2) is 61.7 Å². The van der Waals surface area contributed by atoms with Gasteiger partial charge in [-0.05, 0) is 49.8 Å². The highest BCUT2D eigenvalue weighted by molar-refractivity contribution is 6.04. The van der Waals surface area contributed by atoms with Crippen LogP contribution in [0.2, 0.25) is 0 Å². The Labute approximate surface area is 176 Å². The lowest BCUT2D eigenvalue weighted by atomic mass is 9.73. The number of hydrogen-bond acceptors (Lipinski definition) is 5. The van der Waals surface area contributed by atoms with Crippen molar-refractivity contribution in [2.45, 2.75) is 56.0 Å². The van der Waals surface area contributed by atoms with Gasteiger partial charge >= 0.3 is 6.03 Å². The van der Waals surface area contributed by atoms with Crippen molar-refractivity contribution in [3.05, 3.63) is 29.8 Å². The van der Waals surface area contributed by atoms with E-state index in [9.17, 15) is 14.4 Å². The fourth-order valence-electron chi connectivity index (χ4n) is 4.27. The summed E-state index contributed by atoms with van der Waals surface area (Å²) in [6, 6.07) is 7.08. The molecular weight excluding hydrogens is 386 g/mol. The molecule has 2 heterocycles. The summed E-state index contributed by atoms with van der Waals surface area (Å²) >= 11 is 0. The number of methoxy groups -OCH3 is 1. The van der Waals surface area contributed by atoms with Crippen molar-refractivity contribution < 1.29 is 23.9 Å². The molecule has 1 atom stereocenters. The zero-order chi connectivity index (χ0) is 21.1. The summed E-state index contributed by atoms with van der Waals surface area (Å²) < 4.78 is 10.8. The first kappa shape index (κ1) is 20.7. The minimum Gasteiger partial charge on any atom is -0.497 e. The molecule has 1 aromatic rings. The molecule has 0 spiro atoms. The molecule has 8 heteroatoms. The van der Waals surface area contributed by atoms with Crippen LogP contribution in [0.5, 0.6) is 5.75 Å². The van der Waals surface area contributed by atoms with Gasteiger partial charge in [-0.1, -0.05) is 12.1 Å². The van der Waals surface area contributed by atoms with Gasteiger partial charge in [0.2, 0.25) is 5.91 Å². The molecule has 8 nitrogen and oxygen atoms in total. The van der Waals surface area contributed by atoms with E-state index in [1.165, 1.54) is 4.90 Å². The second-order valence-corrected chi connectivity index (χ2v) is 8.43. The Morgan fingerprint density at radius 2 is 1.93 bits per heavy atom. The summed E-state index contributed by atoms with van der Waals surface area (Å²) in [6.07, 6.45) is 4.05. The van der Waals surface area contributed by atoms with Crippen LogP contribution in [0.4, 0.5) is 4.79 Å². The second-order valence-electron chi connectivity index (χ2n) is 8.43. The number of nitrogens with zero attached hydrogens (tertiary/aromatic N) is 1. The smallest absolute Gasteiger partial charge is 0.324 e. The number of rotatable bonds is 8. The summed E-state index contributed by atoms with van der Waals surface area (Å²) in [5.74, 6) is 0.455. The lowest BCUT2D eigenvalue weighted by molar-refractivity contribution is -0.129. The third-order valence-electron chi connectivity index (χ3n) is 6.32. The first-order chi connectivity index (χ1) is 14.5. The van der Waals surface area contributed by atoms with Crippen LogP contribution in [0.25, 0.3) is 0 Å². The second kappa shape index (κ2) is 8.63. The zero-order valence-electron chi connectivity index (χ0n) is 17.3. The van der Waals surface area contributed by atoms with Crippen LogP contribution in [0.1, 0.15) is 44.1 Å². The van der Waals surface area contributed by atoms with Gasteiger partial charge in [-0.25, -0.2) is 4.79 Å². The molecule has 4 rings (SSSR count). The van der Waals surface area contributed by atoms with Crippen LogP contribution >= 0.6 is 0 Å². The van der Waals surface area contributed by atoms with Gasteiger partial charge in [0, 0.05) is 37.6 Å². The molecule has 162 valence electrons. The Kier molecular flexibility index (Phi) is 5.94. The largest absolute Gasteiger partial charge is 0.497 e. The molecule has 0 bridgehead atoms. The first-order valence-corrected chi connectivity index (χ1v) is 10.6. The summed E-state index contributed by atoms with van der Waals surface area (Å²) in [5.41, 5.74) is 0.718. The Balaban J connectivity index is 1.44. The van der Waals surface area contributed by atoms with E-state index in [1.807, 2.05) is 24.3 Å². The van der Waals surface area contributed by atoms with Crippen LogP contribution in [-0.2, 0) is 19.7 Å². The highest BCUT2D eigenvalue weighted by Gasteiger charge is 2.44. The van der Waals surface area contributed by atoms with Gasteiger partial charge in [0.25, 0.3) is 5.91 Å². The lowest BCUT2D eigenvalue weighted by Gasteiger charge is -2.39. The predicted octanol–water partition coefficient (Wildman–Crippen LogP) is 1.72. The SMILES string of the molecule is COc1ccc(C2(CN3C(=O)NC(CCC(=O)NC4CC4)C3=O)CCOCC2)cc1. The van der Waals surface area contributed by atoms with E-state index in [1.54, 1.807) is 7.11 Å². The average Bonchev–Trinajstić information content (AvgIpc) is 3.54. The number of imide groups is 1. The van der Waals surface area contributed by atoms with Crippen LogP contribution in [0.15, 0.2) is 24.3 Å². The number of ether oxygens (including phenoxy) is 2. The molecule has 1 aliphatic carbocycles. The van der Waals surface area contributed by atoms with Crippen molar-refractivity contribution in [1.82, 2.24) is 15.5 Å². The number of nitrogens with one attached hydrogen (secondary N) is 2. The van der Waals surface area contributed by atoms with E-state index in [0.717, 1.165) is 37.0 Å². The maximum Gasteiger partial charge on any atom is 0.324 e. The molecular formula is C22H29N3O5. The van der Waals surface area contributed by atoms with E-state index in [2.05, 4.69) is 10.6 Å². The van der Waals surface area contributed by atoms with Crippen molar-refractivity contribution in [2.75, 3.05) is 26.9 Å². The van der Waals surface area contributed by atoms with Crippen LogP contribution < -0.4 is 15.4 Å². The number of amides is 4. The van der Waals surface area contributed by atoms with Crippen molar-refractivity contribution in [3.63, 3.8) is 0 Å². The highest BCUT2D eigenvalue weighted by atomic mass is 16.5. The Hall–Kier alpha value is -2.61. The molecule has 1 aromatic carbocycles. The minimum absolute atomic E-state index is 0.0582. The number of hydrogen-bond donors (Lipinski definition) is 2. The monoisotopic (exact) mass is 415 g/mol. The van der Waals surface area contributed by atoms with Gasteiger partial charge in [0.05, 0.1) is 7.11 Å². The molecule has 4 amide bonds. The van der Waals surface area contributed by atoms with Crippen molar-refractivity contribution in [1.29, 1.82) is 0 Å². The predicted molar refractivity (Wildman–Crippen MR) is 109 cm³/mol. The van der Waals surface area contributed by atoms with Gasteiger partial charge < -0.3 is 20.1 Å². The van der Waals surface area contributed by atoms with Crippen molar-refractivity contribution >= 4 is 17.8 Å². The van der Waals surface area contributed by atoms with Gasteiger partial charge in [0.15, 0.2) is 0 Å². The van der Waals surface area contributed by atoms with Gasteiger partial charge in [-0.2, -0.15) is 0 Å². The average molecular weight is 415 g/mol. The topological polar surface area (TPSA) is 97.0 Å². The summed E-state index contributed by atoms with van der Waals surface area (Å²) in [6.45, 7) is 1.47. The Bertz CT molecular complexity index is 799. The Morgan fingerprint density at radius 1 is 1.23 bits per heavy atom. The molecule has 1 unspecified atom stereocenters. The molecule has 3 fully saturated rings. The molecule has 0 radical (unpaired) electrons. The number of carbonyl (C=O) groups excluding carboxylic acids is 3. The van der Waals surface area contributed by atoms with E-state index in [0.29, 0.717) is 32.2 Å². The standard InChI is InChI=1S/C22H29N3O5/c1-29-17-6-2-15(3-7-17)22(10-12-30-13-11-22)14-25-20(27)18(24-21(25)28)8-9-19(26)23-16-4-5-16/h2-3,6-7,16,18H,4-5,8-14H2,1H3,(H,23,26)(H,24,28). The van der Waals surface area contributed by atoms with E-state index in [4.69, 9.17) is 9.47 Å². The molecule has 2 aliphatic heterocycles. The Morgan fingerprint density at radius 3 is 2.57 bits per heavy atom. The fourth-order valence-corrected chi connectivity index (χ4v) is 4.27. The molecule has 30 heavy (non-hydrogen) atoms. The van der Waals surface area contributed by atoms with E-state index in [-0.39, 0.29) is 29.7 Å². The lowest BCUT2D eigenvalue weighted by Crippen LogP contribution is -2.47. The maximum atomic E-state index is 13.0. The summed E-state index contributed by atoms with van der Waals surface area (Å²) in [7, 11) is 1.62. The van der Waals surface area contributed by atoms with Crippen LogP contribution in [0, 0.1) is 0 Å². The quantitative estimate of drug-likeness (QED) is 0.630. The third-order valence-corrected chi connectivity index (χ3v) is 6.32. The fraction of sp³-hybridized carbons (Fsp3) is 0.591. The van der Waals surface area contributed by atoms with Gasteiger partial charge in [-0.3, -0.25) is 14.5 Å². The normalized spacial score (nSPS) is 23.2. The number of benzene rings is 1. The molecule has 1 saturated carbocycles.